The van der Waals surface area contributed by atoms with Gasteiger partial charge in [-0.05, 0) is 144 Å². The average molecular weight is 1270 g/mol. The molecule has 86 heavy (non-hydrogen) atoms. The number of amides is 1. The molecule has 0 aliphatic carbocycles. The molecule has 1 amide bonds. The molecule has 2 aromatic heterocycles. The summed E-state index contributed by atoms with van der Waals surface area (Å²) in [4.78, 5) is 58.6. The normalized spacial score (nSPS) is 23.5. The van der Waals surface area contributed by atoms with Crippen LogP contribution >= 0.6 is 23.2 Å². The number of aromatic nitrogens is 2. The van der Waals surface area contributed by atoms with Gasteiger partial charge >= 0.3 is 6.09 Å². The van der Waals surface area contributed by atoms with E-state index in [9.17, 15) is 27.4 Å². The van der Waals surface area contributed by atoms with Crippen molar-refractivity contribution in [3.8, 4) is 0 Å². The Balaban J connectivity index is 0.000000604. The molecule has 468 valence electrons. The van der Waals surface area contributed by atoms with Crippen LogP contribution in [0.25, 0.3) is 0 Å². The molecular weight excluding hydrogens is 1200 g/mol. The van der Waals surface area contributed by atoms with E-state index in [1.54, 1.807) is 60.6 Å². The summed E-state index contributed by atoms with van der Waals surface area (Å²) >= 11 is 11.8. The van der Waals surface area contributed by atoms with Crippen molar-refractivity contribution >= 4 is 72.0 Å². The molecule has 0 fully saturated rings. The Hall–Kier alpha value is -6.95. The number of ketones is 2. The maximum Gasteiger partial charge on any atom is 0.417 e. The number of hydrogen-bond acceptors (Lipinski definition) is 15. The third kappa shape index (κ3) is 14.4. The highest BCUT2D eigenvalue weighted by atomic mass is 35.5. The largest absolute Gasteiger partial charge is 0.443 e. The number of nitrogens with zero attached hydrogens (tertiary/aromatic N) is 7. The molecule has 8 rings (SSSR count). The summed E-state index contributed by atoms with van der Waals surface area (Å²) in [5.74, 6) is -3.29. The fourth-order valence-electron chi connectivity index (χ4n) is 10.0. The average Bonchev–Trinajstić information content (AvgIpc) is 0.728. The lowest BCUT2D eigenvalue weighted by molar-refractivity contribution is -0.00321. The van der Waals surface area contributed by atoms with Gasteiger partial charge in [0.15, 0.2) is 11.6 Å². The van der Waals surface area contributed by atoms with Crippen LogP contribution in [0.2, 0.25) is 10.0 Å². The fraction of sp³-hybridized carbons (Fsp3) is 0.371. The van der Waals surface area contributed by atoms with Crippen LogP contribution in [-0.2, 0) is 67.1 Å². The lowest BCUT2D eigenvalue weighted by Crippen LogP contribution is -2.59. The van der Waals surface area contributed by atoms with E-state index < -0.39 is 81.7 Å². The second-order valence-electron chi connectivity index (χ2n) is 22.0. The number of amidine groups is 2. The first kappa shape index (κ1) is 68.2. The number of carbonyl (C=O) groups is 3. The zero-order chi connectivity index (χ0) is 62.5. The zero-order valence-corrected chi connectivity index (χ0v) is 51.7. The molecule has 2 unspecified atom stereocenters. The number of halogens is 6. The minimum absolute atomic E-state index is 0. The zero-order valence-electron chi connectivity index (χ0n) is 48.6. The van der Waals surface area contributed by atoms with Crippen molar-refractivity contribution in [1.29, 1.82) is 0 Å². The molecule has 0 bridgehead atoms. The molecule has 0 spiro atoms. The maximum absolute atomic E-state index is 15.9. The number of Topliss-reactive ketones (excluding diaryl/α,β-unsaturated/α-hetero) is 2. The number of ether oxygens (including phenoxy) is 3. The van der Waals surface area contributed by atoms with Crippen molar-refractivity contribution in [2.24, 2.45) is 24.4 Å². The van der Waals surface area contributed by atoms with Crippen LogP contribution in [0.3, 0.4) is 0 Å². The van der Waals surface area contributed by atoms with Gasteiger partial charge in [0.25, 0.3) is 0 Å². The Bertz CT molecular complexity index is 3840. The Morgan fingerprint density at radius 3 is 1.50 bits per heavy atom. The van der Waals surface area contributed by atoms with Crippen molar-refractivity contribution in [3.05, 3.63) is 200 Å². The van der Waals surface area contributed by atoms with Gasteiger partial charge in [0, 0.05) is 63.3 Å². The van der Waals surface area contributed by atoms with Crippen molar-refractivity contribution in [3.63, 3.8) is 0 Å². The lowest BCUT2D eigenvalue weighted by Gasteiger charge is -2.46. The molecule has 0 saturated heterocycles. The minimum atomic E-state index is -3.51. The van der Waals surface area contributed by atoms with Gasteiger partial charge < -0.3 is 19.9 Å². The number of benzene rings is 4. The van der Waals surface area contributed by atoms with E-state index in [0.717, 1.165) is 4.90 Å². The third-order valence-electron chi connectivity index (χ3n) is 14.7. The van der Waals surface area contributed by atoms with Gasteiger partial charge in [-0.1, -0.05) is 67.0 Å². The standard InChI is InChI=1S/C35H41ClF2N4O6S.C26H25ClF2N4O2S.CH4.4H2/c1-33(2,3)48-32(44)42(22-47-17-16-46-7)31-35(5,24-9-12-26(37)13-10-24)49(45,39-6)21-34(4,41-31)27-18-23(8-14-28(27)38)19-30(43)29-15-11-25(36)20-40-29;1-25(15-36(35,31-3)26(2,24(30)33-25)17-5-8-19(28)9-6-17)20-12-16(4-10-21(20)29)13-23(34)22-11-7-18(27)14-32-22;;;;;/h8-15,18,20H,16-17,19,21-22H2,1-7H3;4-12,14H,13,15H2,1-3H3,(H2,30,33);1H4;4*1H/t34-,35+,49?;25-,26+,36?;;;;;/m00...../s1. The van der Waals surface area contributed by atoms with E-state index in [4.69, 9.17) is 48.1 Å². The van der Waals surface area contributed by atoms with Crippen molar-refractivity contribution in [2.75, 3.05) is 52.7 Å². The first-order valence-electron chi connectivity index (χ1n) is 26.6. The highest BCUT2D eigenvalue weighted by Crippen LogP contribution is 2.47. The van der Waals surface area contributed by atoms with Crippen molar-refractivity contribution in [1.82, 2.24) is 14.9 Å². The molecule has 6 aromatic rings. The molecule has 0 saturated carbocycles. The van der Waals surface area contributed by atoms with E-state index in [0.29, 0.717) is 32.3 Å². The fourth-order valence-corrected chi connectivity index (χ4v) is 15.6. The first-order valence-corrected chi connectivity index (χ1v) is 30.7. The van der Waals surface area contributed by atoms with E-state index in [-0.39, 0.29) is 96.4 Å². The SMILES string of the molecule is C.CN=S1(=O)C[C@@](C)(c2cc(CC(=O)c3ccc(Cl)cn3)ccc2F)N=C(N(COCCOC)C(=O)OC(C)(C)C)[C@@]1(C)c1ccc(F)cc1.CN=S1(=O)C[C@@](C)(c2cc(CC(=O)c3ccc(Cl)cn3)ccc2F)N=C(N)[C@@]1(C)c1ccc(F)cc1.[HH].[HH].[HH].[HH]. The summed E-state index contributed by atoms with van der Waals surface area (Å²) in [5.41, 5.74) is 5.02. The van der Waals surface area contributed by atoms with Gasteiger partial charge in [0.1, 0.15) is 79.2 Å². The van der Waals surface area contributed by atoms with Crippen LogP contribution in [0.1, 0.15) is 116 Å². The predicted octanol–water partition coefficient (Wildman–Crippen LogP) is 13.6. The van der Waals surface area contributed by atoms with Gasteiger partial charge in [-0.25, -0.2) is 44.4 Å². The van der Waals surface area contributed by atoms with Crippen LogP contribution in [-0.4, -0.2) is 111 Å². The van der Waals surface area contributed by atoms with Gasteiger partial charge in [-0.3, -0.25) is 29.5 Å². The summed E-state index contributed by atoms with van der Waals surface area (Å²) in [6, 6.07) is 25.5. The number of rotatable bonds is 15. The second kappa shape index (κ2) is 27.0. The molecule has 4 aromatic carbocycles. The van der Waals surface area contributed by atoms with Gasteiger partial charge in [-0.2, -0.15) is 0 Å². The summed E-state index contributed by atoms with van der Waals surface area (Å²) in [7, 11) is -2.36. The smallest absolute Gasteiger partial charge is 0.417 e. The molecule has 4 heterocycles. The summed E-state index contributed by atoms with van der Waals surface area (Å²) in [6.07, 6.45) is 1.73. The molecular formula is C62H78Cl2F4N8O8S2. The van der Waals surface area contributed by atoms with E-state index in [1.807, 2.05) is 0 Å². The predicted molar refractivity (Wildman–Crippen MR) is 337 cm³/mol. The highest BCUT2D eigenvalue weighted by Gasteiger charge is 2.56. The number of carbonyl (C=O) groups excluding carboxylic acids is 3. The van der Waals surface area contributed by atoms with Crippen molar-refractivity contribution in [2.45, 2.75) is 94.9 Å². The van der Waals surface area contributed by atoms with Crippen LogP contribution in [0.4, 0.5) is 22.4 Å². The van der Waals surface area contributed by atoms with Crippen LogP contribution in [0.5, 0.6) is 0 Å². The monoisotopic (exact) mass is 1270 g/mol. The van der Waals surface area contributed by atoms with Crippen LogP contribution in [0.15, 0.2) is 140 Å². The number of aliphatic imine (C=N–C) groups is 2. The van der Waals surface area contributed by atoms with Gasteiger partial charge in [0.05, 0.1) is 54.2 Å². The van der Waals surface area contributed by atoms with Gasteiger partial charge in [0.2, 0.25) is 0 Å². The Kier molecular flexibility index (Phi) is 21.4. The highest BCUT2D eigenvalue weighted by molar-refractivity contribution is 7.95. The van der Waals surface area contributed by atoms with E-state index in [2.05, 4.69) is 23.7 Å². The number of pyridine rings is 2. The Morgan fingerprint density at radius 2 is 1.09 bits per heavy atom. The Labute approximate surface area is 516 Å². The molecule has 2 N–H and O–H groups in total. The first-order chi connectivity index (χ1) is 39.9. The molecule has 16 nitrogen and oxygen atoms in total. The topological polar surface area (TPSA) is 218 Å². The molecule has 0 radical (unpaired) electrons. The van der Waals surface area contributed by atoms with Crippen LogP contribution in [0, 0.1) is 23.3 Å². The second-order valence-corrected chi connectivity index (χ2v) is 28.4. The molecule has 6 atom stereocenters. The maximum atomic E-state index is 15.9. The molecule has 24 heteroatoms. The molecule has 2 aliphatic heterocycles. The van der Waals surface area contributed by atoms with E-state index >= 15 is 13.0 Å². The van der Waals surface area contributed by atoms with Crippen LogP contribution < -0.4 is 5.73 Å². The number of nitrogens with two attached hydrogens (primary N) is 1. The quantitative estimate of drug-likeness (QED) is 0.0441. The van der Waals surface area contributed by atoms with Crippen molar-refractivity contribution < 1.29 is 60.3 Å². The number of methoxy groups -OCH3 is 1. The summed E-state index contributed by atoms with van der Waals surface area (Å²) in [5, 5.41) is 0.787. The van der Waals surface area contributed by atoms with E-state index in [1.165, 1.54) is 131 Å². The Morgan fingerprint density at radius 1 is 0.663 bits per heavy atom. The summed E-state index contributed by atoms with van der Waals surface area (Å²) in [6.45, 7) is 11.5. The third-order valence-corrected chi connectivity index (χ3v) is 21.7. The number of hydrogen-bond donors (Lipinski definition) is 1. The lowest BCUT2D eigenvalue weighted by atomic mass is 9.89. The molecule has 2 aliphatic rings. The minimum Gasteiger partial charge on any atom is -0.443 e. The van der Waals surface area contributed by atoms with Gasteiger partial charge in [-0.15, -0.1) is 0 Å². The summed E-state index contributed by atoms with van der Waals surface area (Å²) < 4.78 is 111.